The van der Waals surface area contributed by atoms with Crippen molar-refractivity contribution in [2.75, 3.05) is 18.4 Å². The molecule has 0 aliphatic rings. The SMILES string of the molecule is Cc1ccnc(NCCNCc2nnc(-c3ccc(C)n3C)o2)c1. The van der Waals surface area contributed by atoms with Gasteiger partial charge in [0.1, 0.15) is 11.5 Å². The van der Waals surface area contributed by atoms with Crippen LogP contribution in [0.1, 0.15) is 17.1 Å². The van der Waals surface area contributed by atoms with E-state index in [1.54, 1.807) is 6.20 Å². The van der Waals surface area contributed by atoms with E-state index in [2.05, 4.69) is 25.8 Å². The van der Waals surface area contributed by atoms with Crippen LogP contribution in [0.25, 0.3) is 11.6 Å². The van der Waals surface area contributed by atoms with Crippen molar-refractivity contribution in [2.45, 2.75) is 20.4 Å². The van der Waals surface area contributed by atoms with Crippen molar-refractivity contribution in [3.05, 3.63) is 47.6 Å². The molecule has 24 heavy (non-hydrogen) atoms. The average molecular weight is 326 g/mol. The highest BCUT2D eigenvalue weighted by Crippen LogP contribution is 2.19. The fraction of sp³-hybridized carbons (Fsp3) is 0.353. The van der Waals surface area contributed by atoms with Gasteiger partial charge in [-0.3, -0.25) is 0 Å². The molecule has 3 aromatic heterocycles. The van der Waals surface area contributed by atoms with Crippen molar-refractivity contribution >= 4 is 5.82 Å². The zero-order valence-electron chi connectivity index (χ0n) is 14.2. The van der Waals surface area contributed by atoms with Crippen molar-refractivity contribution < 1.29 is 4.42 Å². The van der Waals surface area contributed by atoms with E-state index >= 15 is 0 Å². The molecule has 0 unspecified atom stereocenters. The number of hydrogen-bond acceptors (Lipinski definition) is 6. The van der Waals surface area contributed by atoms with E-state index < -0.39 is 0 Å². The van der Waals surface area contributed by atoms with Crippen LogP contribution >= 0.6 is 0 Å². The molecule has 0 fully saturated rings. The van der Waals surface area contributed by atoms with Crippen LogP contribution in [0.2, 0.25) is 0 Å². The van der Waals surface area contributed by atoms with Gasteiger partial charge in [-0.15, -0.1) is 10.2 Å². The molecule has 2 N–H and O–H groups in total. The van der Waals surface area contributed by atoms with Gasteiger partial charge in [-0.25, -0.2) is 4.98 Å². The van der Waals surface area contributed by atoms with E-state index in [1.807, 2.05) is 49.7 Å². The monoisotopic (exact) mass is 326 g/mol. The van der Waals surface area contributed by atoms with Crippen LogP contribution in [0.4, 0.5) is 5.82 Å². The van der Waals surface area contributed by atoms with E-state index in [0.29, 0.717) is 18.3 Å². The van der Waals surface area contributed by atoms with Gasteiger partial charge in [0.25, 0.3) is 5.89 Å². The molecule has 0 aliphatic carbocycles. The Morgan fingerprint density at radius 1 is 1.12 bits per heavy atom. The van der Waals surface area contributed by atoms with E-state index in [0.717, 1.165) is 30.3 Å². The molecule has 0 saturated carbocycles. The maximum absolute atomic E-state index is 5.71. The summed E-state index contributed by atoms with van der Waals surface area (Å²) in [5.74, 6) is 2.01. The Hall–Kier alpha value is -2.67. The third kappa shape index (κ3) is 3.80. The second-order valence-electron chi connectivity index (χ2n) is 5.74. The smallest absolute Gasteiger partial charge is 0.264 e. The summed E-state index contributed by atoms with van der Waals surface area (Å²) in [4.78, 5) is 4.26. The molecule has 126 valence electrons. The normalized spacial score (nSPS) is 11.0. The Morgan fingerprint density at radius 2 is 2.00 bits per heavy atom. The summed E-state index contributed by atoms with van der Waals surface area (Å²) in [6.45, 7) is 6.18. The number of nitrogens with zero attached hydrogens (tertiary/aromatic N) is 4. The van der Waals surface area contributed by atoms with Gasteiger partial charge in [0.05, 0.1) is 6.54 Å². The first-order valence-corrected chi connectivity index (χ1v) is 7.96. The Labute approximate surface area is 141 Å². The number of pyridine rings is 1. The number of nitrogens with one attached hydrogen (secondary N) is 2. The zero-order chi connectivity index (χ0) is 16.9. The first kappa shape index (κ1) is 16.2. The maximum Gasteiger partial charge on any atom is 0.264 e. The van der Waals surface area contributed by atoms with Crippen molar-refractivity contribution in [1.29, 1.82) is 0 Å². The molecule has 7 heteroatoms. The van der Waals surface area contributed by atoms with Gasteiger partial charge in [0.15, 0.2) is 0 Å². The molecule has 3 aromatic rings. The molecule has 0 spiro atoms. The molecule has 0 bridgehead atoms. The van der Waals surface area contributed by atoms with E-state index in [4.69, 9.17) is 4.42 Å². The maximum atomic E-state index is 5.71. The molecule has 0 saturated heterocycles. The van der Waals surface area contributed by atoms with Gasteiger partial charge in [-0.05, 0) is 43.7 Å². The van der Waals surface area contributed by atoms with E-state index in [-0.39, 0.29) is 0 Å². The van der Waals surface area contributed by atoms with Crippen molar-refractivity contribution in [3.8, 4) is 11.6 Å². The largest absolute Gasteiger partial charge is 0.418 e. The molecule has 0 atom stereocenters. The lowest BCUT2D eigenvalue weighted by Gasteiger charge is -2.06. The molecule has 3 heterocycles. The zero-order valence-corrected chi connectivity index (χ0v) is 14.2. The second kappa shape index (κ2) is 7.27. The number of hydrogen-bond donors (Lipinski definition) is 2. The highest BCUT2D eigenvalue weighted by molar-refractivity contribution is 5.48. The summed E-state index contributed by atoms with van der Waals surface area (Å²) >= 11 is 0. The van der Waals surface area contributed by atoms with Gasteiger partial charge >= 0.3 is 0 Å². The van der Waals surface area contributed by atoms with Gasteiger partial charge in [0.2, 0.25) is 5.89 Å². The highest BCUT2D eigenvalue weighted by Gasteiger charge is 2.12. The van der Waals surface area contributed by atoms with Crippen LogP contribution in [0.3, 0.4) is 0 Å². The van der Waals surface area contributed by atoms with Crippen LogP contribution in [0.15, 0.2) is 34.9 Å². The van der Waals surface area contributed by atoms with Gasteiger partial charge in [0, 0.05) is 32.0 Å². The van der Waals surface area contributed by atoms with Crippen molar-refractivity contribution in [2.24, 2.45) is 7.05 Å². The first-order valence-electron chi connectivity index (χ1n) is 7.96. The van der Waals surface area contributed by atoms with E-state index in [1.165, 1.54) is 5.56 Å². The molecule has 0 aliphatic heterocycles. The summed E-state index contributed by atoms with van der Waals surface area (Å²) in [6, 6.07) is 8.01. The van der Waals surface area contributed by atoms with Crippen molar-refractivity contribution in [1.82, 2.24) is 25.1 Å². The minimum Gasteiger partial charge on any atom is -0.418 e. The van der Waals surface area contributed by atoms with Gasteiger partial charge < -0.3 is 19.6 Å². The fourth-order valence-corrected chi connectivity index (χ4v) is 2.36. The minimum absolute atomic E-state index is 0.541. The summed E-state index contributed by atoms with van der Waals surface area (Å²) in [7, 11) is 1.98. The van der Waals surface area contributed by atoms with Gasteiger partial charge in [-0.1, -0.05) is 0 Å². The summed E-state index contributed by atoms with van der Waals surface area (Å²) in [5, 5.41) is 14.7. The summed E-state index contributed by atoms with van der Waals surface area (Å²) in [5.41, 5.74) is 3.27. The first-order chi connectivity index (χ1) is 11.6. The second-order valence-corrected chi connectivity index (χ2v) is 5.74. The van der Waals surface area contributed by atoms with Gasteiger partial charge in [-0.2, -0.15) is 0 Å². The molecule has 0 aromatic carbocycles. The number of aryl methyl sites for hydroxylation is 2. The van der Waals surface area contributed by atoms with Crippen molar-refractivity contribution in [3.63, 3.8) is 0 Å². The topological polar surface area (TPSA) is 80.8 Å². The van der Waals surface area contributed by atoms with Crippen LogP contribution in [-0.2, 0) is 13.6 Å². The molecule has 0 amide bonds. The average Bonchev–Trinajstić information content (AvgIpc) is 3.15. The molecule has 0 radical (unpaired) electrons. The fourth-order valence-electron chi connectivity index (χ4n) is 2.36. The molecule has 7 nitrogen and oxygen atoms in total. The Morgan fingerprint density at radius 3 is 2.75 bits per heavy atom. The minimum atomic E-state index is 0.541. The lowest BCUT2D eigenvalue weighted by atomic mass is 10.3. The lowest BCUT2D eigenvalue weighted by molar-refractivity contribution is 0.478. The van der Waals surface area contributed by atoms with Crippen LogP contribution in [0, 0.1) is 13.8 Å². The predicted octanol–water partition coefficient (Wildman–Crippen LogP) is 2.29. The third-order valence-electron chi connectivity index (χ3n) is 3.86. The van der Waals surface area contributed by atoms with E-state index in [9.17, 15) is 0 Å². The Balaban J connectivity index is 1.45. The molecular formula is C17H22N6O. The van der Waals surface area contributed by atoms with Crippen LogP contribution in [0.5, 0.6) is 0 Å². The third-order valence-corrected chi connectivity index (χ3v) is 3.86. The number of anilines is 1. The molecule has 3 rings (SSSR count). The standard InChI is InChI=1S/C17H22N6O/c1-12-6-7-19-15(10-12)20-9-8-18-11-16-21-22-17(24-16)14-5-4-13(2)23(14)3/h4-7,10,18H,8-9,11H2,1-3H3,(H,19,20). The molecular weight excluding hydrogens is 304 g/mol. The highest BCUT2D eigenvalue weighted by atomic mass is 16.4. The number of rotatable bonds is 7. The Bertz CT molecular complexity index is 807. The predicted molar refractivity (Wildman–Crippen MR) is 92.6 cm³/mol. The summed E-state index contributed by atoms with van der Waals surface area (Å²) < 4.78 is 7.74. The van der Waals surface area contributed by atoms with Crippen LogP contribution < -0.4 is 10.6 Å². The quantitative estimate of drug-likeness (QED) is 0.648. The van der Waals surface area contributed by atoms with Crippen LogP contribution in [-0.4, -0.2) is 32.8 Å². The Kier molecular flexibility index (Phi) is 4.90. The lowest BCUT2D eigenvalue weighted by Crippen LogP contribution is -2.22. The summed E-state index contributed by atoms with van der Waals surface area (Å²) in [6.07, 6.45) is 1.80. The number of aromatic nitrogens is 4.